The molecule has 1 heterocycles. The van der Waals surface area contributed by atoms with Gasteiger partial charge < -0.3 is 10.4 Å². The van der Waals surface area contributed by atoms with Crippen LogP contribution >= 0.6 is 23.4 Å². The third-order valence-corrected chi connectivity index (χ3v) is 4.89. The summed E-state index contributed by atoms with van der Waals surface area (Å²) in [5.74, 6) is -0.129. The van der Waals surface area contributed by atoms with Gasteiger partial charge in [-0.2, -0.15) is 9.94 Å². The summed E-state index contributed by atoms with van der Waals surface area (Å²) in [6.07, 6.45) is 0. The number of rotatable bonds is 5. The largest absolute Gasteiger partial charge is 0.508 e. The van der Waals surface area contributed by atoms with Crippen LogP contribution in [-0.4, -0.2) is 36.5 Å². The van der Waals surface area contributed by atoms with Crippen LogP contribution in [0.5, 0.6) is 5.75 Å². The molecule has 0 aliphatic rings. The first kappa shape index (κ1) is 18.7. The number of aromatic nitrogens is 4. The first-order valence-corrected chi connectivity index (χ1v) is 8.98. The highest BCUT2D eigenvalue weighted by atomic mass is 35.5. The molecule has 0 saturated heterocycles. The second-order valence-corrected chi connectivity index (χ2v) is 7.16. The van der Waals surface area contributed by atoms with Gasteiger partial charge in [0.25, 0.3) is 0 Å². The number of tetrazole rings is 1. The lowest BCUT2D eigenvalue weighted by molar-refractivity contribution is -0.115. The van der Waals surface area contributed by atoms with Crippen molar-refractivity contribution in [1.29, 1.82) is 5.26 Å². The summed E-state index contributed by atoms with van der Waals surface area (Å²) >= 11 is 7.16. The Kier molecular flexibility index (Phi) is 5.59. The Hall–Kier alpha value is -3.09. The van der Waals surface area contributed by atoms with Crippen LogP contribution in [0.3, 0.4) is 0 Å². The van der Waals surface area contributed by atoms with Gasteiger partial charge in [-0.05, 0) is 59.8 Å². The summed E-state index contributed by atoms with van der Waals surface area (Å²) in [5.41, 5.74) is 1.49. The average molecular weight is 401 g/mol. The zero-order valence-corrected chi connectivity index (χ0v) is 15.6. The van der Waals surface area contributed by atoms with Crippen LogP contribution in [0.25, 0.3) is 5.69 Å². The molecular formula is C17H13ClN6O2S. The molecule has 0 bridgehead atoms. The number of thioether (sulfide) groups is 1. The van der Waals surface area contributed by atoms with E-state index in [0.29, 0.717) is 22.1 Å². The highest BCUT2D eigenvalue weighted by Crippen LogP contribution is 2.25. The molecule has 8 nitrogen and oxygen atoms in total. The van der Waals surface area contributed by atoms with E-state index in [9.17, 15) is 9.90 Å². The Balaban J connectivity index is 1.71. The molecule has 2 aromatic carbocycles. The van der Waals surface area contributed by atoms with E-state index in [1.807, 2.05) is 6.07 Å². The van der Waals surface area contributed by atoms with E-state index in [2.05, 4.69) is 20.8 Å². The fourth-order valence-corrected chi connectivity index (χ4v) is 3.18. The fourth-order valence-electron chi connectivity index (χ4n) is 2.15. The molecule has 0 aliphatic heterocycles. The number of amides is 1. The van der Waals surface area contributed by atoms with Crippen molar-refractivity contribution in [2.24, 2.45) is 0 Å². The van der Waals surface area contributed by atoms with E-state index in [1.54, 1.807) is 31.2 Å². The van der Waals surface area contributed by atoms with Crippen LogP contribution in [0, 0.1) is 11.3 Å². The highest BCUT2D eigenvalue weighted by molar-refractivity contribution is 8.00. The molecule has 1 amide bonds. The van der Waals surface area contributed by atoms with Crippen molar-refractivity contribution < 1.29 is 9.90 Å². The van der Waals surface area contributed by atoms with Gasteiger partial charge >= 0.3 is 0 Å². The van der Waals surface area contributed by atoms with Crippen molar-refractivity contribution in [2.45, 2.75) is 17.3 Å². The van der Waals surface area contributed by atoms with Crippen molar-refractivity contribution >= 4 is 35.0 Å². The minimum absolute atomic E-state index is 0.134. The summed E-state index contributed by atoms with van der Waals surface area (Å²) in [5, 5.41) is 32.7. The summed E-state index contributed by atoms with van der Waals surface area (Å²) < 4.78 is 1.48. The summed E-state index contributed by atoms with van der Waals surface area (Å²) in [6, 6.07) is 13.0. The number of hydrogen-bond acceptors (Lipinski definition) is 7. The summed E-state index contributed by atoms with van der Waals surface area (Å²) in [6.45, 7) is 1.72. The Morgan fingerprint density at radius 3 is 2.74 bits per heavy atom. The van der Waals surface area contributed by atoms with Crippen molar-refractivity contribution in [3.63, 3.8) is 0 Å². The molecular weight excluding hydrogens is 388 g/mol. The second-order valence-electron chi connectivity index (χ2n) is 5.45. The smallest absolute Gasteiger partial charge is 0.237 e. The highest BCUT2D eigenvalue weighted by Gasteiger charge is 2.19. The van der Waals surface area contributed by atoms with E-state index < -0.39 is 5.25 Å². The van der Waals surface area contributed by atoms with Gasteiger partial charge in [0.1, 0.15) is 11.8 Å². The molecule has 10 heteroatoms. The quantitative estimate of drug-likeness (QED) is 0.632. The third kappa shape index (κ3) is 4.36. The first-order valence-electron chi connectivity index (χ1n) is 7.73. The molecule has 136 valence electrons. The zero-order chi connectivity index (χ0) is 19.4. The number of halogens is 1. The average Bonchev–Trinajstić information content (AvgIpc) is 3.10. The fraction of sp³-hybridized carbons (Fsp3) is 0.118. The van der Waals surface area contributed by atoms with Gasteiger partial charge in [0.15, 0.2) is 0 Å². The van der Waals surface area contributed by atoms with E-state index >= 15 is 0 Å². The number of phenolic OH excluding ortho intramolecular Hbond substituents is 1. The summed E-state index contributed by atoms with van der Waals surface area (Å²) in [7, 11) is 0. The van der Waals surface area contributed by atoms with E-state index in [1.165, 1.54) is 34.6 Å². The molecule has 0 fully saturated rings. The molecule has 3 aromatic rings. The number of aromatic hydroxyl groups is 1. The number of anilines is 1. The van der Waals surface area contributed by atoms with Crippen LogP contribution in [0.15, 0.2) is 47.6 Å². The molecule has 0 aliphatic carbocycles. The molecule has 1 atom stereocenters. The Labute approximate surface area is 163 Å². The van der Waals surface area contributed by atoms with Crippen molar-refractivity contribution in [2.75, 3.05) is 5.32 Å². The lowest BCUT2D eigenvalue weighted by Crippen LogP contribution is -2.23. The summed E-state index contributed by atoms with van der Waals surface area (Å²) in [4.78, 5) is 12.4. The molecule has 2 N–H and O–H groups in total. The van der Waals surface area contributed by atoms with Crippen LogP contribution in [-0.2, 0) is 4.79 Å². The van der Waals surface area contributed by atoms with Gasteiger partial charge in [0.05, 0.1) is 21.5 Å². The Morgan fingerprint density at radius 2 is 2.07 bits per heavy atom. The molecule has 1 unspecified atom stereocenters. The van der Waals surface area contributed by atoms with Crippen LogP contribution in [0.2, 0.25) is 5.02 Å². The molecule has 0 radical (unpaired) electrons. The number of benzene rings is 2. The minimum Gasteiger partial charge on any atom is -0.508 e. The molecule has 0 saturated carbocycles. The Morgan fingerprint density at radius 1 is 1.33 bits per heavy atom. The molecule has 1 aromatic heterocycles. The second kappa shape index (κ2) is 8.07. The molecule has 0 spiro atoms. The number of hydrogen-bond donors (Lipinski definition) is 2. The van der Waals surface area contributed by atoms with E-state index in [-0.39, 0.29) is 16.7 Å². The van der Waals surface area contributed by atoms with Gasteiger partial charge in [0.2, 0.25) is 11.1 Å². The van der Waals surface area contributed by atoms with Crippen molar-refractivity contribution in [1.82, 2.24) is 20.2 Å². The van der Waals surface area contributed by atoms with Gasteiger partial charge in [-0.15, -0.1) is 5.10 Å². The SMILES string of the molecule is CC(Sc1nnnn1-c1ccc(O)cc1)C(=O)Nc1ccc(C#N)c(Cl)c1. The van der Waals surface area contributed by atoms with E-state index in [4.69, 9.17) is 16.9 Å². The maximum absolute atomic E-state index is 12.4. The maximum Gasteiger partial charge on any atom is 0.237 e. The normalized spacial score (nSPS) is 11.6. The third-order valence-electron chi connectivity index (χ3n) is 3.54. The Bertz CT molecular complexity index is 1020. The predicted octanol–water partition coefficient (Wildman–Crippen LogP) is 3.01. The zero-order valence-electron chi connectivity index (χ0n) is 14.0. The first-order chi connectivity index (χ1) is 13.0. The van der Waals surface area contributed by atoms with Crippen LogP contribution in [0.4, 0.5) is 5.69 Å². The molecule has 3 rings (SSSR count). The number of nitrogens with zero attached hydrogens (tertiary/aromatic N) is 5. The van der Waals surface area contributed by atoms with Crippen molar-refractivity contribution in [3.8, 4) is 17.5 Å². The lowest BCUT2D eigenvalue weighted by Gasteiger charge is -2.12. The van der Waals surface area contributed by atoms with E-state index in [0.717, 1.165) is 0 Å². The molecule has 27 heavy (non-hydrogen) atoms. The van der Waals surface area contributed by atoms with Crippen LogP contribution < -0.4 is 5.32 Å². The minimum atomic E-state index is -0.499. The number of phenols is 1. The van der Waals surface area contributed by atoms with Crippen LogP contribution in [0.1, 0.15) is 12.5 Å². The topological polar surface area (TPSA) is 117 Å². The van der Waals surface area contributed by atoms with Gasteiger partial charge in [-0.3, -0.25) is 4.79 Å². The number of carbonyl (C=O) groups excluding carboxylic acids is 1. The number of carbonyl (C=O) groups is 1. The standard InChI is InChI=1S/C17H13ClN6O2S/c1-10(16(26)20-12-3-2-11(9-19)15(18)8-12)27-17-21-22-23-24(17)13-4-6-14(25)7-5-13/h2-8,10,25H,1H3,(H,20,26). The number of nitrogens with one attached hydrogen (secondary N) is 1. The van der Waals surface area contributed by atoms with Gasteiger partial charge in [-0.1, -0.05) is 23.4 Å². The maximum atomic E-state index is 12.4. The number of nitriles is 1. The van der Waals surface area contributed by atoms with Gasteiger partial charge in [-0.25, -0.2) is 0 Å². The lowest BCUT2D eigenvalue weighted by atomic mass is 10.2. The predicted molar refractivity (Wildman–Crippen MR) is 101 cm³/mol. The monoisotopic (exact) mass is 400 g/mol. The van der Waals surface area contributed by atoms with Crippen molar-refractivity contribution in [3.05, 3.63) is 53.1 Å². The van der Waals surface area contributed by atoms with Gasteiger partial charge in [0, 0.05) is 5.69 Å².